The number of para-hydroxylation sites is 1. The van der Waals surface area contributed by atoms with Crippen LogP contribution in [0.1, 0.15) is 13.3 Å². The van der Waals surface area contributed by atoms with Crippen LogP contribution in [0.25, 0.3) is 20.7 Å². The number of nitrogens with zero attached hydrogens (tertiary/aromatic N) is 4. The van der Waals surface area contributed by atoms with Crippen LogP contribution in [0.15, 0.2) is 73.1 Å². The number of amides is 1. The van der Waals surface area contributed by atoms with Crippen molar-refractivity contribution in [2.75, 3.05) is 29.9 Å². The summed E-state index contributed by atoms with van der Waals surface area (Å²) in [5.74, 6) is 0.963. The molecule has 2 aromatic carbocycles. The fourth-order valence-corrected chi connectivity index (χ4v) is 4.51. The van der Waals surface area contributed by atoms with Gasteiger partial charge in [-0.2, -0.15) is 0 Å². The maximum atomic E-state index is 12.8. The summed E-state index contributed by atoms with van der Waals surface area (Å²) in [6, 6.07) is 22.2. The molecule has 0 fully saturated rings. The summed E-state index contributed by atoms with van der Waals surface area (Å²) in [6.07, 6.45) is 2.02. The molecule has 6 heteroatoms. The first kappa shape index (κ1) is 20.0. The summed E-state index contributed by atoms with van der Waals surface area (Å²) in [7, 11) is 1.98. The Hall–Kier alpha value is -3.25. The lowest BCUT2D eigenvalue weighted by molar-refractivity contribution is -0.118. The van der Waals surface area contributed by atoms with Gasteiger partial charge in [-0.1, -0.05) is 48.5 Å². The van der Waals surface area contributed by atoms with E-state index in [1.807, 2.05) is 72.3 Å². The van der Waals surface area contributed by atoms with Crippen LogP contribution in [0.5, 0.6) is 0 Å². The molecule has 0 aliphatic rings. The van der Waals surface area contributed by atoms with Crippen molar-refractivity contribution in [1.82, 2.24) is 9.97 Å². The third-order valence-electron chi connectivity index (χ3n) is 5.07. The third-order valence-corrected chi connectivity index (χ3v) is 6.17. The monoisotopic (exact) mass is 416 g/mol. The maximum Gasteiger partial charge on any atom is 0.228 e. The highest BCUT2D eigenvalue weighted by molar-refractivity contribution is 7.21. The van der Waals surface area contributed by atoms with E-state index in [9.17, 15) is 4.79 Å². The molecule has 0 aliphatic carbocycles. The Morgan fingerprint density at radius 1 is 1.00 bits per heavy atom. The van der Waals surface area contributed by atoms with Crippen LogP contribution >= 0.6 is 11.3 Å². The van der Waals surface area contributed by atoms with Gasteiger partial charge in [0.2, 0.25) is 5.91 Å². The van der Waals surface area contributed by atoms with E-state index < -0.39 is 0 Å². The number of fused-ring (bicyclic) bond motifs is 1. The fourth-order valence-electron chi connectivity index (χ4n) is 3.51. The average Bonchev–Trinajstić information content (AvgIpc) is 3.24. The van der Waals surface area contributed by atoms with Crippen LogP contribution in [0.3, 0.4) is 0 Å². The van der Waals surface area contributed by atoms with Crippen molar-refractivity contribution < 1.29 is 4.79 Å². The fraction of sp³-hybridized carbons (Fsp3) is 0.208. The molecule has 5 nitrogen and oxygen atoms in total. The molecule has 0 unspecified atom stereocenters. The number of aromatic nitrogens is 2. The minimum atomic E-state index is 0.108. The second-order valence-corrected chi connectivity index (χ2v) is 8.07. The number of hydrogen-bond donors (Lipinski definition) is 0. The van der Waals surface area contributed by atoms with Gasteiger partial charge in [0.15, 0.2) is 0 Å². The quantitative estimate of drug-likeness (QED) is 0.413. The highest BCUT2D eigenvalue weighted by atomic mass is 32.1. The molecule has 0 saturated carbocycles. The van der Waals surface area contributed by atoms with Crippen LogP contribution in [-0.2, 0) is 4.79 Å². The lowest BCUT2D eigenvalue weighted by atomic mass is 10.2. The van der Waals surface area contributed by atoms with Gasteiger partial charge in [-0.15, -0.1) is 11.3 Å². The van der Waals surface area contributed by atoms with E-state index in [2.05, 4.69) is 28.2 Å². The van der Waals surface area contributed by atoms with Gasteiger partial charge in [-0.3, -0.25) is 4.79 Å². The van der Waals surface area contributed by atoms with Gasteiger partial charge in [0.25, 0.3) is 0 Å². The molecule has 0 N–H and O–H groups in total. The molecular formula is C24H24N4OS. The Bertz CT molecular complexity index is 1130. The first-order valence-corrected chi connectivity index (χ1v) is 10.9. The molecule has 2 heterocycles. The van der Waals surface area contributed by atoms with Gasteiger partial charge in [-0.05, 0) is 30.7 Å². The first-order valence-electron chi connectivity index (χ1n) is 10.0. The maximum absolute atomic E-state index is 12.8. The zero-order valence-corrected chi connectivity index (χ0v) is 18.0. The minimum absolute atomic E-state index is 0.108. The molecule has 0 aliphatic heterocycles. The van der Waals surface area contributed by atoms with Crippen molar-refractivity contribution in [1.29, 1.82) is 0 Å². The lowest BCUT2D eigenvalue weighted by Crippen LogP contribution is -2.33. The summed E-state index contributed by atoms with van der Waals surface area (Å²) in [5.41, 5.74) is 2.10. The van der Waals surface area contributed by atoms with Gasteiger partial charge < -0.3 is 9.80 Å². The molecule has 4 rings (SSSR count). The second kappa shape index (κ2) is 9.05. The van der Waals surface area contributed by atoms with Crippen molar-refractivity contribution >= 4 is 39.0 Å². The Morgan fingerprint density at radius 2 is 1.70 bits per heavy atom. The SMILES string of the molecule is CCN(C(=O)CCN(C)c1ncnc2sc(-c3ccccc3)cc12)c1ccccc1. The molecule has 2 aromatic heterocycles. The summed E-state index contributed by atoms with van der Waals surface area (Å²) < 4.78 is 0. The molecule has 4 aromatic rings. The summed E-state index contributed by atoms with van der Waals surface area (Å²) in [6.45, 7) is 3.24. The van der Waals surface area contributed by atoms with Crippen molar-refractivity contribution in [2.24, 2.45) is 0 Å². The highest BCUT2D eigenvalue weighted by Gasteiger charge is 2.17. The van der Waals surface area contributed by atoms with Crippen LogP contribution in [-0.4, -0.2) is 36.0 Å². The smallest absolute Gasteiger partial charge is 0.228 e. The van der Waals surface area contributed by atoms with Crippen molar-refractivity contribution in [3.63, 3.8) is 0 Å². The van der Waals surface area contributed by atoms with E-state index >= 15 is 0 Å². The number of carbonyl (C=O) groups is 1. The number of carbonyl (C=O) groups excluding carboxylic acids is 1. The molecule has 0 radical (unpaired) electrons. The summed E-state index contributed by atoms with van der Waals surface area (Å²) >= 11 is 1.66. The standard InChI is InChI=1S/C24H24N4OS/c1-3-28(19-12-8-5-9-13-19)22(29)14-15-27(2)23-20-16-21(18-10-6-4-7-11-18)30-24(20)26-17-25-23/h4-13,16-17H,3,14-15H2,1-2H3. The molecule has 0 bridgehead atoms. The summed E-state index contributed by atoms with van der Waals surface area (Å²) in [4.78, 5) is 27.8. The van der Waals surface area contributed by atoms with Crippen LogP contribution in [0.2, 0.25) is 0 Å². The average molecular weight is 417 g/mol. The lowest BCUT2D eigenvalue weighted by Gasteiger charge is -2.23. The highest BCUT2D eigenvalue weighted by Crippen LogP contribution is 2.35. The van der Waals surface area contributed by atoms with Gasteiger partial charge in [0.05, 0.1) is 5.39 Å². The Balaban J connectivity index is 1.51. The largest absolute Gasteiger partial charge is 0.359 e. The van der Waals surface area contributed by atoms with E-state index in [1.165, 1.54) is 5.56 Å². The van der Waals surface area contributed by atoms with Gasteiger partial charge in [0.1, 0.15) is 17.0 Å². The van der Waals surface area contributed by atoms with Crippen molar-refractivity contribution in [2.45, 2.75) is 13.3 Å². The van der Waals surface area contributed by atoms with Crippen molar-refractivity contribution in [3.8, 4) is 10.4 Å². The van der Waals surface area contributed by atoms with E-state index in [-0.39, 0.29) is 5.91 Å². The molecule has 0 saturated heterocycles. The Morgan fingerprint density at radius 3 is 2.40 bits per heavy atom. The topological polar surface area (TPSA) is 49.3 Å². The number of anilines is 2. The molecule has 152 valence electrons. The Labute approximate surface area is 180 Å². The number of thiophene rings is 1. The third kappa shape index (κ3) is 4.19. The predicted molar refractivity (Wildman–Crippen MR) is 125 cm³/mol. The van der Waals surface area contributed by atoms with Crippen LogP contribution in [0, 0.1) is 0 Å². The van der Waals surface area contributed by atoms with Crippen LogP contribution < -0.4 is 9.80 Å². The second-order valence-electron chi connectivity index (χ2n) is 7.04. The number of benzene rings is 2. The van der Waals surface area contributed by atoms with E-state index in [0.717, 1.165) is 26.6 Å². The molecule has 0 spiro atoms. The molecule has 0 atom stereocenters. The normalized spacial score (nSPS) is 10.9. The predicted octanol–water partition coefficient (Wildman–Crippen LogP) is 5.24. The molecule has 30 heavy (non-hydrogen) atoms. The van der Waals surface area contributed by atoms with Gasteiger partial charge in [0, 0.05) is 37.1 Å². The van der Waals surface area contributed by atoms with Gasteiger partial charge in [-0.25, -0.2) is 9.97 Å². The number of rotatable bonds is 7. The first-order chi connectivity index (χ1) is 14.7. The van der Waals surface area contributed by atoms with E-state index in [1.54, 1.807) is 17.7 Å². The molecule has 1 amide bonds. The minimum Gasteiger partial charge on any atom is -0.359 e. The number of hydrogen-bond acceptors (Lipinski definition) is 5. The van der Waals surface area contributed by atoms with Gasteiger partial charge >= 0.3 is 0 Å². The van der Waals surface area contributed by atoms with E-state index in [0.29, 0.717) is 19.5 Å². The summed E-state index contributed by atoms with van der Waals surface area (Å²) in [5, 5.41) is 1.02. The van der Waals surface area contributed by atoms with Crippen LogP contribution in [0.4, 0.5) is 11.5 Å². The zero-order valence-electron chi connectivity index (χ0n) is 17.2. The molecular weight excluding hydrogens is 392 g/mol. The van der Waals surface area contributed by atoms with Crippen molar-refractivity contribution in [3.05, 3.63) is 73.1 Å². The zero-order chi connectivity index (χ0) is 20.9. The van der Waals surface area contributed by atoms with E-state index in [4.69, 9.17) is 0 Å². The Kier molecular flexibility index (Phi) is 6.05.